The smallest absolute Gasteiger partial charge is 0.0932 e. The van der Waals surface area contributed by atoms with E-state index in [0.29, 0.717) is 5.75 Å². The largest absolute Gasteiger partial charge is 0.316 e. The molecule has 0 aliphatic heterocycles. The van der Waals surface area contributed by atoms with Gasteiger partial charge in [0.15, 0.2) is 0 Å². The first-order chi connectivity index (χ1) is 6.70. The highest BCUT2D eigenvalue weighted by atomic mass is 32.2. The molecule has 0 aromatic carbocycles. The van der Waals surface area contributed by atoms with Gasteiger partial charge >= 0.3 is 0 Å². The summed E-state index contributed by atoms with van der Waals surface area (Å²) in [5, 5.41) is 5.98. The van der Waals surface area contributed by atoms with Gasteiger partial charge in [-0.25, -0.2) is 8.93 Å². The minimum atomic E-state index is -0.940. The Morgan fingerprint density at radius 2 is 2.07 bits per heavy atom. The number of likely N-dealkylation sites (N-methyl/N-ethyl adjacent to an activating group) is 1. The maximum absolute atomic E-state index is 11.4. The Hall–Kier alpha value is -0.230. The Kier molecular flexibility index (Phi) is 9.18. The van der Waals surface area contributed by atoms with E-state index in [2.05, 4.69) is 15.4 Å². The first-order valence-electron chi connectivity index (χ1n) is 4.82. The number of nitrogens with one attached hydrogen (secondary N) is 3. The van der Waals surface area contributed by atoms with Crippen molar-refractivity contribution in [1.29, 1.82) is 0 Å². The lowest BCUT2D eigenvalue weighted by Gasteiger charge is -2.10. The van der Waals surface area contributed by atoms with Crippen molar-refractivity contribution in [1.82, 2.24) is 15.4 Å². The molecular weight excluding hydrogens is 198 g/mol. The van der Waals surface area contributed by atoms with Crippen LogP contribution >= 0.6 is 0 Å². The van der Waals surface area contributed by atoms with Gasteiger partial charge in [0.05, 0.1) is 17.2 Å². The van der Waals surface area contributed by atoms with E-state index < -0.39 is 11.0 Å². The summed E-state index contributed by atoms with van der Waals surface area (Å²) >= 11 is 0. The summed E-state index contributed by atoms with van der Waals surface area (Å²) in [5.41, 5.74) is 0. The summed E-state index contributed by atoms with van der Waals surface area (Å²) in [7, 11) is 2.80. The molecule has 0 aliphatic carbocycles. The monoisotopic (exact) mass is 219 g/mol. The Morgan fingerprint density at radius 3 is 2.64 bits per heavy atom. The average Bonchev–Trinajstić information content (AvgIpc) is 2.17. The normalized spacial score (nSPS) is 15.9. The third-order valence-electron chi connectivity index (χ3n) is 1.70. The fourth-order valence-electron chi connectivity index (χ4n) is 0.809. The van der Waals surface area contributed by atoms with Gasteiger partial charge in [-0.15, -0.1) is 0 Å². The lowest BCUT2D eigenvalue weighted by molar-refractivity contribution is 0.578. The highest BCUT2D eigenvalue weighted by Crippen LogP contribution is 1.87. The van der Waals surface area contributed by atoms with Gasteiger partial charge < -0.3 is 10.6 Å². The van der Waals surface area contributed by atoms with Crippen LogP contribution in [0.2, 0.25) is 0 Å². The van der Waals surface area contributed by atoms with Crippen LogP contribution in [0.3, 0.4) is 0 Å². The summed E-state index contributed by atoms with van der Waals surface area (Å²) in [6, 6.07) is 0. The van der Waals surface area contributed by atoms with E-state index in [0.717, 1.165) is 13.0 Å². The third kappa shape index (κ3) is 8.37. The topological polar surface area (TPSA) is 53.2 Å². The van der Waals surface area contributed by atoms with E-state index in [-0.39, 0.29) is 6.17 Å². The molecule has 0 radical (unpaired) electrons. The van der Waals surface area contributed by atoms with E-state index >= 15 is 0 Å². The van der Waals surface area contributed by atoms with Crippen LogP contribution in [0.4, 0.5) is 0 Å². The zero-order valence-electron chi connectivity index (χ0n) is 9.17. The second-order valence-corrected chi connectivity index (χ2v) is 4.33. The highest BCUT2D eigenvalue weighted by Gasteiger charge is 2.01. The molecule has 84 valence electrons. The van der Waals surface area contributed by atoms with Crippen molar-refractivity contribution in [2.45, 2.75) is 19.5 Å². The molecule has 2 atom stereocenters. The molecule has 14 heavy (non-hydrogen) atoms. The van der Waals surface area contributed by atoms with Crippen LogP contribution in [-0.2, 0) is 11.0 Å². The molecule has 0 fully saturated rings. The SMILES string of the molecule is CNC/C=C/CCS(=O)NC(C)NC. The fraction of sp³-hybridized carbons (Fsp3) is 0.778. The summed E-state index contributed by atoms with van der Waals surface area (Å²) in [5.74, 6) is 0.659. The van der Waals surface area contributed by atoms with Crippen LogP contribution in [0.5, 0.6) is 0 Å². The molecule has 0 aliphatic rings. The van der Waals surface area contributed by atoms with Gasteiger partial charge in [0.1, 0.15) is 0 Å². The summed E-state index contributed by atoms with van der Waals surface area (Å²) < 4.78 is 14.3. The van der Waals surface area contributed by atoms with Gasteiger partial charge in [-0.05, 0) is 27.4 Å². The quantitative estimate of drug-likeness (QED) is 0.397. The second-order valence-electron chi connectivity index (χ2n) is 3.00. The van der Waals surface area contributed by atoms with Gasteiger partial charge in [-0.1, -0.05) is 12.2 Å². The zero-order chi connectivity index (χ0) is 10.8. The molecule has 4 nitrogen and oxygen atoms in total. The Morgan fingerprint density at radius 1 is 1.36 bits per heavy atom. The molecule has 0 saturated carbocycles. The van der Waals surface area contributed by atoms with Gasteiger partial charge in [0.2, 0.25) is 0 Å². The maximum atomic E-state index is 11.4. The standard InChI is InChI=1S/C9H21N3OS/c1-9(11-3)12-14(13)8-6-4-5-7-10-2/h4-5,9-12H,6-8H2,1-3H3/b5-4+. The van der Waals surface area contributed by atoms with Crippen LogP contribution in [-0.4, -0.2) is 36.8 Å². The lowest BCUT2D eigenvalue weighted by Crippen LogP contribution is -2.39. The van der Waals surface area contributed by atoms with E-state index in [4.69, 9.17) is 0 Å². The van der Waals surface area contributed by atoms with E-state index in [1.165, 1.54) is 0 Å². The molecule has 0 spiro atoms. The Bertz CT molecular complexity index is 185. The van der Waals surface area contributed by atoms with E-state index in [1.807, 2.05) is 33.2 Å². The van der Waals surface area contributed by atoms with Crippen LogP contribution in [0.1, 0.15) is 13.3 Å². The number of rotatable bonds is 8. The van der Waals surface area contributed by atoms with Gasteiger partial charge in [-0.2, -0.15) is 0 Å². The van der Waals surface area contributed by atoms with Crippen molar-refractivity contribution in [3.63, 3.8) is 0 Å². The number of hydrogen-bond donors (Lipinski definition) is 3. The lowest BCUT2D eigenvalue weighted by atomic mass is 10.4. The molecule has 5 heteroatoms. The minimum absolute atomic E-state index is 0.0946. The van der Waals surface area contributed by atoms with Crippen molar-refractivity contribution in [2.75, 3.05) is 26.4 Å². The van der Waals surface area contributed by atoms with Crippen molar-refractivity contribution in [3.05, 3.63) is 12.2 Å². The Balaban J connectivity index is 3.44. The molecule has 0 saturated heterocycles. The molecule has 0 aromatic rings. The molecule has 3 N–H and O–H groups in total. The summed E-state index contributed by atoms with van der Waals surface area (Å²) in [6.45, 7) is 2.81. The molecular formula is C9H21N3OS. The van der Waals surface area contributed by atoms with Crippen molar-refractivity contribution in [3.8, 4) is 0 Å². The van der Waals surface area contributed by atoms with Crippen molar-refractivity contribution in [2.24, 2.45) is 0 Å². The second kappa shape index (κ2) is 9.33. The molecule has 0 heterocycles. The molecule has 2 unspecified atom stereocenters. The molecule has 0 aromatic heterocycles. The fourth-order valence-corrected chi connectivity index (χ4v) is 1.79. The minimum Gasteiger partial charge on any atom is -0.316 e. The van der Waals surface area contributed by atoms with E-state index in [9.17, 15) is 4.21 Å². The van der Waals surface area contributed by atoms with E-state index in [1.54, 1.807) is 0 Å². The Labute approximate surface area is 89.1 Å². The van der Waals surface area contributed by atoms with Crippen LogP contribution in [0.25, 0.3) is 0 Å². The zero-order valence-corrected chi connectivity index (χ0v) is 9.99. The van der Waals surface area contributed by atoms with Crippen LogP contribution < -0.4 is 15.4 Å². The van der Waals surface area contributed by atoms with Crippen molar-refractivity contribution >= 4 is 11.0 Å². The predicted molar refractivity (Wildman–Crippen MR) is 62.4 cm³/mol. The molecule has 0 bridgehead atoms. The van der Waals surface area contributed by atoms with Crippen molar-refractivity contribution < 1.29 is 4.21 Å². The van der Waals surface area contributed by atoms with Crippen LogP contribution in [0.15, 0.2) is 12.2 Å². The average molecular weight is 219 g/mol. The first-order valence-corrected chi connectivity index (χ1v) is 6.14. The third-order valence-corrected chi connectivity index (χ3v) is 2.92. The summed E-state index contributed by atoms with van der Waals surface area (Å²) in [6.07, 6.45) is 5.02. The summed E-state index contributed by atoms with van der Waals surface area (Å²) in [4.78, 5) is 0. The maximum Gasteiger partial charge on any atom is 0.0932 e. The van der Waals surface area contributed by atoms with Gasteiger partial charge in [-0.3, -0.25) is 0 Å². The van der Waals surface area contributed by atoms with Crippen LogP contribution in [0, 0.1) is 0 Å². The molecule has 0 rings (SSSR count). The molecule has 0 amide bonds. The number of hydrogen-bond acceptors (Lipinski definition) is 3. The highest BCUT2D eigenvalue weighted by molar-refractivity contribution is 7.83. The number of allylic oxidation sites excluding steroid dienone is 1. The van der Waals surface area contributed by atoms with Gasteiger partial charge in [0.25, 0.3) is 0 Å². The van der Waals surface area contributed by atoms with Gasteiger partial charge in [0, 0.05) is 12.3 Å². The predicted octanol–water partition coefficient (Wildman–Crippen LogP) is -0.0292. The first kappa shape index (κ1) is 13.8.